The fourth-order valence-corrected chi connectivity index (χ4v) is 3.76. The third-order valence-corrected chi connectivity index (χ3v) is 5.81. The van der Waals surface area contributed by atoms with Crippen LogP contribution in [0.5, 0.6) is 0 Å². The van der Waals surface area contributed by atoms with Crippen molar-refractivity contribution in [1.29, 1.82) is 0 Å². The van der Waals surface area contributed by atoms with Gasteiger partial charge in [0.25, 0.3) is 0 Å². The zero-order chi connectivity index (χ0) is 24.9. The van der Waals surface area contributed by atoms with Gasteiger partial charge >= 0.3 is 175 Å². The predicted molar refractivity (Wildman–Crippen MR) is 127 cm³/mol. The number of rotatable bonds is 9. The van der Waals surface area contributed by atoms with Crippen LogP contribution in [-0.2, 0) is 19.7 Å². The monoisotopic (exact) mass is 454 g/mol. The van der Waals surface area contributed by atoms with Crippen LogP contribution in [0.15, 0.2) is 29.3 Å². The quantitative estimate of drug-likeness (QED) is 0.285. The van der Waals surface area contributed by atoms with Gasteiger partial charge in [0.1, 0.15) is 0 Å². The summed E-state index contributed by atoms with van der Waals surface area (Å²) in [4.78, 5) is 43.6. The number of likely N-dealkylation sites (tertiary alicyclic amines) is 1. The number of aliphatic imine (C=N–C) groups is 1. The molecule has 3 N–H and O–H groups in total. The van der Waals surface area contributed by atoms with E-state index in [0.717, 1.165) is 16.6 Å². The maximum atomic E-state index is 13.2. The van der Waals surface area contributed by atoms with E-state index in [4.69, 9.17) is 0 Å². The van der Waals surface area contributed by atoms with E-state index in [9.17, 15) is 24.1 Å². The molecule has 0 aromatic heterocycles. The molecule has 1 aromatic rings. The van der Waals surface area contributed by atoms with Gasteiger partial charge in [0.05, 0.1) is 0 Å². The molecule has 1 saturated heterocycles. The molecule has 1 aromatic carbocycles. The van der Waals surface area contributed by atoms with Crippen molar-refractivity contribution in [1.82, 2.24) is 15.4 Å². The van der Waals surface area contributed by atoms with Crippen molar-refractivity contribution in [3.05, 3.63) is 35.4 Å². The first-order valence-electron chi connectivity index (χ1n) is 11.0. The molecule has 0 bridgehead atoms. The molecule has 0 unspecified atom stereocenters. The van der Waals surface area contributed by atoms with E-state index in [2.05, 4.69) is 36.3 Å². The van der Waals surface area contributed by atoms with Crippen LogP contribution >= 0.6 is 0 Å². The van der Waals surface area contributed by atoms with Gasteiger partial charge in [-0.05, 0) is 0 Å². The maximum absolute atomic E-state index is 13.2. The van der Waals surface area contributed by atoms with Crippen LogP contribution in [0, 0.1) is 5.92 Å². The first-order chi connectivity index (χ1) is 15.4. The summed E-state index contributed by atoms with van der Waals surface area (Å²) >= 11 is 0. The summed E-state index contributed by atoms with van der Waals surface area (Å²) < 4.78 is 10.6. The minimum atomic E-state index is -0.894. The van der Waals surface area contributed by atoms with Crippen LogP contribution in [0.4, 0.5) is 0 Å². The molecule has 4 atom stereocenters. The van der Waals surface area contributed by atoms with Crippen LogP contribution in [0.2, 0.25) is 6.82 Å². The van der Waals surface area contributed by atoms with E-state index in [1.807, 2.05) is 12.1 Å². The minimum absolute atomic E-state index is 0.0443. The number of benzene rings is 1. The van der Waals surface area contributed by atoms with Crippen molar-refractivity contribution in [3.63, 3.8) is 0 Å². The number of β-lactam (4-membered cyclic amide) rings is 1. The topological polar surface area (TPSA) is 128 Å². The molecule has 0 saturated carbocycles. The van der Waals surface area contributed by atoms with Gasteiger partial charge in [-0.3, -0.25) is 0 Å². The molecule has 1 heterocycles. The molecule has 0 aliphatic carbocycles. The SMILES string of the molecule is CB(O)N[C@H]1C(=O)N(C(=O)[C@H](CN=CB=O)[C@@H](C)NC(=O)c2ccc(C(C)(C)C)cc2)[C@@H]1C. The Balaban J connectivity index is 2.15. The number of hydrogen-bond acceptors (Lipinski definition) is 7. The second kappa shape index (κ2) is 11.0. The van der Waals surface area contributed by atoms with Crippen LogP contribution in [-0.4, -0.2) is 72.6 Å². The Morgan fingerprint density at radius 1 is 1.30 bits per heavy atom. The van der Waals surface area contributed by atoms with Gasteiger partial charge in [-0.2, -0.15) is 0 Å². The van der Waals surface area contributed by atoms with Crippen LogP contribution < -0.4 is 10.5 Å². The summed E-state index contributed by atoms with van der Waals surface area (Å²) in [5.41, 5.74) is 1.50. The second-order valence-electron chi connectivity index (χ2n) is 9.45. The van der Waals surface area contributed by atoms with Crippen molar-refractivity contribution >= 4 is 38.0 Å². The van der Waals surface area contributed by atoms with E-state index >= 15 is 0 Å². The van der Waals surface area contributed by atoms with Crippen LogP contribution in [0.1, 0.15) is 50.5 Å². The van der Waals surface area contributed by atoms with Gasteiger partial charge in [-0.25, -0.2) is 0 Å². The summed E-state index contributed by atoms with van der Waals surface area (Å²) in [6.45, 7) is 11.0. The molecule has 3 amide bonds. The van der Waals surface area contributed by atoms with Crippen molar-refractivity contribution in [2.45, 2.75) is 65.0 Å². The molecule has 176 valence electrons. The zero-order valence-corrected chi connectivity index (χ0v) is 20.0. The average molecular weight is 454 g/mol. The molecule has 1 fully saturated rings. The second-order valence-corrected chi connectivity index (χ2v) is 9.45. The standard InChI is InChI=1S/C22H32B2N4O5/c1-13(26-19(29)15-7-9-16(10-8-15)22(3,4)5)17(11-25-12-23-32)20(30)28-14(2)18(21(28)31)27-24(6)33/h7-10,12-14,17-18,27,33H,11H2,1-6H3,(H,26,29)/t13-,14-,17-,18-/m1/s1. The van der Waals surface area contributed by atoms with Crippen LogP contribution in [0.3, 0.4) is 0 Å². The molecule has 1 aliphatic rings. The Bertz CT molecular complexity index is 914. The van der Waals surface area contributed by atoms with Crippen LogP contribution in [0.25, 0.3) is 0 Å². The number of hydrogen-bond donors (Lipinski definition) is 3. The van der Waals surface area contributed by atoms with Crippen molar-refractivity contribution in [2.75, 3.05) is 6.54 Å². The third-order valence-electron chi connectivity index (χ3n) is 5.81. The average Bonchev–Trinajstić information content (AvgIpc) is 2.74. The first kappa shape index (κ1) is 26.6. The Labute approximate surface area is 195 Å². The Hall–Kier alpha value is -2.65. The van der Waals surface area contributed by atoms with Crippen molar-refractivity contribution < 1.29 is 24.1 Å². The molecule has 1 aliphatic heterocycles. The van der Waals surface area contributed by atoms with Gasteiger partial charge in [-0.1, -0.05) is 20.8 Å². The fourth-order valence-electron chi connectivity index (χ4n) is 3.76. The van der Waals surface area contributed by atoms with Gasteiger partial charge in [0, 0.05) is 0 Å². The zero-order valence-electron chi connectivity index (χ0n) is 20.0. The number of nitrogens with one attached hydrogen (secondary N) is 2. The Morgan fingerprint density at radius 3 is 2.39 bits per heavy atom. The fraction of sp³-hybridized carbons (Fsp3) is 0.545. The van der Waals surface area contributed by atoms with E-state index in [-0.39, 0.29) is 17.9 Å². The number of imide groups is 1. The molecular weight excluding hydrogens is 422 g/mol. The number of amides is 3. The van der Waals surface area contributed by atoms with Gasteiger partial charge in [0.15, 0.2) is 0 Å². The number of carbonyl (C=O) groups is 3. The van der Waals surface area contributed by atoms with Crippen molar-refractivity contribution in [3.8, 4) is 0 Å². The summed E-state index contributed by atoms with van der Waals surface area (Å²) in [5.74, 6) is -2.14. The molecule has 0 radical (unpaired) electrons. The normalized spacial score (nSPS) is 20.1. The van der Waals surface area contributed by atoms with Crippen molar-refractivity contribution in [2.24, 2.45) is 10.9 Å². The molecule has 0 spiro atoms. The third kappa shape index (κ3) is 6.45. The summed E-state index contributed by atoms with van der Waals surface area (Å²) in [6.07, 6.45) is 1.04. The number of carbonyl (C=O) groups excluding carboxylic acids is 3. The molecule has 11 heteroatoms. The molecule has 2 rings (SSSR count). The summed E-state index contributed by atoms with van der Waals surface area (Å²) in [5, 5.41) is 15.0. The van der Waals surface area contributed by atoms with Gasteiger partial charge in [0.2, 0.25) is 0 Å². The first-order valence-corrected chi connectivity index (χ1v) is 11.0. The summed E-state index contributed by atoms with van der Waals surface area (Å²) in [6, 6.07) is 5.47. The van der Waals surface area contributed by atoms with Gasteiger partial charge in [-0.15, -0.1) is 0 Å². The van der Waals surface area contributed by atoms with E-state index in [1.54, 1.807) is 26.0 Å². The molecule has 33 heavy (non-hydrogen) atoms. The summed E-state index contributed by atoms with van der Waals surface area (Å²) in [7, 11) is -0.392. The Kier molecular flexibility index (Phi) is 8.85. The predicted octanol–water partition coefficient (Wildman–Crippen LogP) is 0.622. The van der Waals surface area contributed by atoms with Gasteiger partial charge < -0.3 is 0 Å². The molecular formula is C22H32B2N4O5. The van der Waals surface area contributed by atoms with E-state index in [0.29, 0.717) is 12.7 Å². The Morgan fingerprint density at radius 2 is 1.91 bits per heavy atom. The molecule has 9 nitrogen and oxygen atoms in total. The van der Waals surface area contributed by atoms with E-state index in [1.165, 1.54) is 6.82 Å². The van der Waals surface area contributed by atoms with E-state index < -0.39 is 42.9 Å². The number of nitrogens with zero attached hydrogens (tertiary/aromatic N) is 2.